The Hall–Kier alpha value is -1.87. The monoisotopic (exact) mass is 286 g/mol. The first-order chi connectivity index (χ1) is 9.74. The van der Waals surface area contributed by atoms with Gasteiger partial charge < -0.3 is 5.32 Å². The maximum absolute atomic E-state index is 12.3. The Bertz CT molecular complexity index is 611. The molecule has 0 spiro atoms. The molecule has 0 bridgehead atoms. The summed E-state index contributed by atoms with van der Waals surface area (Å²) in [6, 6.07) is 13.4. The number of aromatic nitrogens is 1. The third-order valence-electron chi connectivity index (χ3n) is 3.53. The fourth-order valence-electron chi connectivity index (χ4n) is 2.33. The number of rotatable bonds is 4. The van der Waals surface area contributed by atoms with Gasteiger partial charge in [0.2, 0.25) is 0 Å². The molecule has 1 N–H and O–H groups in total. The van der Waals surface area contributed by atoms with Crippen LogP contribution in [-0.2, 0) is 0 Å². The second-order valence-electron chi connectivity index (χ2n) is 5.07. The molecule has 1 fully saturated rings. The van der Waals surface area contributed by atoms with Crippen LogP contribution in [0, 0.1) is 5.92 Å². The third kappa shape index (κ3) is 2.99. The van der Waals surface area contributed by atoms with Gasteiger partial charge in [0, 0.05) is 11.8 Å². The highest BCUT2D eigenvalue weighted by atomic mass is 35.5. The minimum atomic E-state index is -0.102. The maximum atomic E-state index is 12.3. The Morgan fingerprint density at radius 1 is 1.25 bits per heavy atom. The molecule has 20 heavy (non-hydrogen) atoms. The molecule has 1 saturated carbocycles. The van der Waals surface area contributed by atoms with E-state index in [9.17, 15) is 4.79 Å². The van der Waals surface area contributed by atoms with E-state index in [1.54, 1.807) is 18.3 Å². The summed E-state index contributed by atoms with van der Waals surface area (Å²) in [4.78, 5) is 16.2. The normalized spacial score (nSPS) is 15.7. The molecule has 1 aliphatic rings. The molecule has 1 aromatic heterocycles. The highest BCUT2D eigenvalue weighted by Gasteiger charge is 2.33. The quantitative estimate of drug-likeness (QED) is 0.872. The Morgan fingerprint density at radius 3 is 2.65 bits per heavy atom. The molecule has 1 atom stereocenters. The van der Waals surface area contributed by atoms with Crippen LogP contribution in [0.25, 0.3) is 0 Å². The second-order valence-corrected chi connectivity index (χ2v) is 5.45. The highest BCUT2D eigenvalue weighted by molar-refractivity contribution is 6.29. The Labute approximate surface area is 123 Å². The van der Waals surface area contributed by atoms with Crippen LogP contribution in [0.3, 0.4) is 0 Å². The Morgan fingerprint density at radius 2 is 2.00 bits per heavy atom. The lowest BCUT2D eigenvalue weighted by molar-refractivity contribution is 0.0931. The summed E-state index contributed by atoms with van der Waals surface area (Å²) in [6.45, 7) is 0. The Kier molecular flexibility index (Phi) is 3.70. The molecular formula is C16H15ClN2O. The van der Waals surface area contributed by atoms with Crippen molar-refractivity contribution in [1.82, 2.24) is 10.3 Å². The lowest BCUT2D eigenvalue weighted by atomic mass is 10.0. The number of hydrogen-bond acceptors (Lipinski definition) is 2. The number of nitrogens with one attached hydrogen (secondary N) is 1. The lowest BCUT2D eigenvalue weighted by Gasteiger charge is -2.18. The van der Waals surface area contributed by atoms with E-state index in [1.165, 1.54) is 0 Å². The fourth-order valence-corrected chi connectivity index (χ4v) is 2.51. The summed E-state index contributed by atoms with van der Waals surface area (Å²) in [5, 5.41) is 3.45. The standard InChI is InChI=1S/C16H15ClN2O/c17-14-10-13(8-9-18-14)16(20)19-15(12-6-7-12)11-4-2-1-3-5-11/h1-5,8-10,12,15H,6-7H2,(H,19,20). The molecule has 2 aromatic rings. The van der Waals surface area contributed by atoms with Gasteiger partial charge in [-0.2, -0.15) is 0 Å². The van der Waals surface area contributed by atoms with Crippen LogP contribution < -0.4 is 5.32 Å². The minimum absolute atomic E-state index is 0.0793. The molecule has 1 heterocycles. The average Bonchev–Trinajstić information content (AvgIpc) is 3.30. The summed E-state index contributed by atoms with van der Waals surface area (Å²) in [6.07, 6.45) is 3.87. The molecule has 1 amide bonds. The average molecular weight is 287 g/mol. The van der Waals surface area contributed by atoms with Crippen LogP contribution in [0.5, 0.6) is 0 Å². The van der Waals surface area contributed by atoms with Crippen molar-refractivity contribution in [3.63, 3.8) is 0 Å². The largest absolute Gasteiger partial charge is 0.345 e. The van der Waals surface area contributed by atoms with E-state index in [1.807, 2.05) is 18.2 Å². The summed E-state index contributed by atoms with van der Waals surface area (Å²) in [5.74, 6) is 0.439. The predicted octanol–water partition coefficient (Wildman–Crippen LogP) is 3.62. The smallest absolute Gasteiger partial charge is 0.251 e. The molecule has 1 unspecified atom stereocenters. The van der Waals surface area contributed by atoms with E-state index in [4.69, 9.17) is 11.6 Å². The first-order valence-corrected chi connectivity index (χ1v) is 7.09. The Balaban J connectivity index is 1.79. The van der Waals surface area contributed by atoms with Gasteiger partial charge in [-0.25, -0.2) is 4.98 Å². The zero-order valence-corrected chi connectivity index (χ0v) is 11.7. The third-order valence-corrected chi connectivity index (χ3v) is 3.73. The molecule has 3 nitrogen and oxygen atoms in total. The summed E-state index contributed by atoms with van der Waals surface area (Å²) in [5.41, 5.74) is 1.70. The van der Waals surface area contributed by atoms with Crippen molar-refractivity contribution in [1.29, 1.82) is 0 Å². The molecule has 0 aliphatic heterocycles. The summed E-state index contributed by atoms with van der Waals surface area (Å²) >= 11 is 5.83. The molecule has 3 rings (SSSR count). The van der Waals surface area contributed by atoms with E-state index in [2.05, 4.69) is 22.4 Å². The summed E-state index contributed by atoms with van der Waals surface area (Å²) < 4.78 is 0. The van der Waals surface area contributed by atoms with Crippen molar-refractivity contribution in [2.45, 2.75) is 18.9 Å². The van der Waals surface area contributed by atoms with E-state index >= 15 is 0 Å². The first-order valence-electron chi connectivity index (χ1n) is 6.71. The SMILES string of the molecule is O=C(NC(c1ccccc1)C1CC1)c1ccnc(Cl)c1. The molecular weight excluding hydrogens is 272 g/mol. The van der Waals surface area contributed by atoms with Crippen molar-refractivity contribution < 1.29 is 4.79 Å². The number of benzene rings is 1. The first kappa shape index (κ1) is 13.1. The maximum Gasteiger partial charge on any atom is 0.251 e. The van der Waals surface area contributed by atoms with Crippen molar-refractivity contribution >= 4 is 17.5 Å². The van der Waals surface area contributed by atoms with Crippen LogP contribution in [0.1, 0.15) is 34.8 Å². The number of carbonyl (C=O) groups excluding carboxylic acids is 1. The van der Waals surface area contributed by atoms with E-state index < -0.39 is 0 Å². The number of pyridine rings is 1. The fraction of sp³-hybridized carbons (Fsp3) is 0.250. The molecule has 0 radical (unpaired) electrons. The van der Waals surface area contributed by atoms with Gasteiger partial charge in [-0.15, -0.1) is 0 Å². The zero-order valence-electron chi connectivity index (χ0n) is 10.9. The highest BCUT2D eigenvalue weighted by Crippen LogP contribution is 2.41. The van der Waals surface area contributed by atoms with Crippen LogP contribution in [-0.4, -0.2) is 10.9 Å². The van der Waals surface area contributed by atoms with E-state index in [0.717, 1.165) is 18.4 Å². The van der Waals surface area contributed by atoms with Crippen molar-refractivity contribution in [2.24, 2.45) is 5.92 Å². The van der Waals surface area contributed by atoms with Gasteiger partial charge >= 0.3 is 0 Å². The zero-order chi connectivity index (χ0) is 13.9. The van der Waals surface area contributed by atoms with Gasteiger partial charge in [-0.05, 0) is 36.5 Å². The van der Waals surface area contributed by atoms with Gasteiger partial charge in [0.05, 0.1) is 6.04 Å². The van der Waals surface area contributed by atoms with Gasteiger partial charge in [-0.1, -0.05) is 41.9 Å². The number of halogens is 1. The number of amides is 1. The van der Waals surface area contributed by atoms with Crippen molar-refractivity contribution in [3.8, 4) is 0 Å². The number of nitrogens with zero attached hydrogens (tertiary/aromatic N) is 1. The van der Waals surface area contributed by atoms with Crippen LogP contribution >= 0.6 is 11.6 Å². The van der Waals surface area contributed by atoms with Gasteiger partial charge in [-0.3, -0.25) is 4.79 Å². The van der Waals surface area contributed by atoms with Gasteiger partial charge in [0.1, 0.15) is 5.15 Å². The topological polar surface area (TPSA) is 42.0 Å². The van der Waals surface area contributed by atoms with Crippen LogP contribution in [0.4, 0.5) is 0 Å². The molecule has 102 valence electrons. The number of carbonyl (C=O) groups is 1. The second kappa shape index (κ2) is 5.63. The minimum Gasteiger partial charge on any atom is -0.345 e. The van der Waals surface area contributed by atoms with Crippen molar-refractivity contribution in [3.05, 3.63) is 64.9 Å². The molecule has 0 saturated heterocycles. The molecule has 4 heteroatoms. The van der Waals surface area contributed by atoms with Crippen LogP contribution in [0.15, 0.2) is 48.7 Å². The lowest BCUT2D eigenvalue weighted by Crippen LogP contribution is -2.29. The number of hydrogen-bond donors (Lipinski definition) is 1. The van der Waals surface area contributed by atoms with Gasteiger partial charge in [0.15, 0.2) is 0 Å². The summed E-state index contributed by atoms with van der Waals surface area (Å²) in [7, 11) is 0. The van der Waals surface area contributed by atoms with E-state index in [0.29, 0.717) is 16.6 Å². The van der Waals surface area contributed by atoms with E-state index in [-0.39, 0.29) is 11.9 Å². The van der Waals surface area contributed by atoms with Crippen molar-refractivity contribution in [2.75, 3.05) is 0 Å². The molecule has 1 aromatic carbocycles. The molecule has 1 aliphatic carbocycles. The van der Waals surface area contributed by atoms with Gasteiger partial charge in [0.25, 0.3) is 5.91 Å². The predicted molar refractivity (Wildman–Crippen MR) is 78.6 cm³/mol. The van der Waals surface area contributed by atoms with Crippen LogP contribution in [0.2, 0.25) is 5.15 Å².